The van der Waals surface area contributed by atoms with Gasteiger partial charge in [0.25, 0.3) is 0 Å². The van der Waals surface area contributed by atoms with Crippen LogP contribution in [0.4, 0.5) is 0 Å². The van der Waals surface area contributed by atoms with Crippen molar-refractivity contribution in [2.75, 3.05) is 19.6 Å². The molecule has 18 nitrogen and oxygen atoms in total. The number of carboxylic acid groups (broad SMARTS) is 1. The maximum Gasteiger partial charge on any atom is 0.326 e. The Kier molecular flexibility index (Phi) is 18.9. The van der Waals surface area contributed by atoms with Crippen LogP contribution >= 0.6 is 0 Å². The number of nitrogens with one attached hydrogen (secondary N) is 8. The Morgan fingerprint density at radius 3 is 2.11 bits per heavy atom. The molecule has 5 atom stereocenters. The van der Waals surface area contributed by atoms with Crippen molar-refractivity contribution in [2.24, 2.45) is 29.0 Å². The van der Waals surface area contributed by atoms with Crippen LogP contribution in [0.2, 0.25) is 0 Å². The van der Waals surface area contributed by atoms with E-state index >= 15 is 0 Å². The molecule has 5 amide bonds. The van der Waals surface area contributed by atoms with Gasteiger partial charge in [-0.2, -0.15) is 0 Å². The van der Waals surface area contributed by atoms with E-state index in [2.05, 4.69) is 36.9 Å². The number of aromatic nitrogens is 1. The molecule has 1 heterocycles. The molecular weight excluding hydrogens is 698 g/mol. The molecule has 0 aliphatic carbocycles. The Morgan fingerprint density at radius 2 is 1.48 bits per heavy atom. The number of benzene rings is 1. The average Bonchev–Trinajstić information content (AvgIpc) is 3.51. The van der Waals surface area contributed by atoms with Crippen molar-refractivity contribution in [3.05, 3.63) is 36.0 Å². The van der Waals surface area contributed by atoms with E-state index < -0.39 is 78.2 Å². The first kappa shape index (κ1) is 44.9. The Balaban J connectivity index is 2.08. The highest BCUT2D eigenvalue weighted by atomic mass is 16.4. The molecule has 18 heteroatoms. The summed E-state index contributed by atoms with van der Waals surface area (Å²) in [5.74, 6) is -5.15. The minimum atomic E-state index is -1.27. The molecule has 0 aliphatic rings. The normalized spacial score (nSPS) is 14.0. The van der Waals surface area contributed by atoms with Gasteiger partial charge in [-0.15, -0.1) is 0 Å². The minimum absolute atomic E-state index is 0.000410. The molecule has 0 radical (unpaired) electrons. The van der Waals surface area contributed by atoms with Crippen LogP contribution in [0.25, 0.3) is 10.9 Å². The molecule has 54 heavy (non-hydrogen) atoms. The van der Waals surface area contributed by atoms with Crippen LogP contribution in [-0.4, -0.2) is 101 Å². The summed E-state index contributed by atoms with van der Waals surface area (Å²) < 4.78 is 0. The molecule has 1 aromatic heterocycles. The van der Waals surface area contributed by atoms with Gasteiger partial charge in [0.15, 0.2) is 5.96 Å². The summed E-state index contributed by atoms with van der Waals surface area (Å²) >= 11 is 0. The first-order valence-electron chi connectivity index (χ1n) is 18.3. The summed E-state index contributed by atoms with van der Waals surface area (Å²) in [5.41, 5.74) is 18.9. The standard InChI is InChI=1S/C36H59N11O7/c1-20(2)16-28(46-31(49)24(38)17-22-18-42-25-11-6-5-10-23(22)25)33(51)47-30(21(3)4)34(52)45-26(12-7-8-14-37)32(50)43-19-29(48)44-27(35(53)54)13-9-15-41-36(39)40/h5-6,10-11,18,20-21,24,26-28,30,42H,7-9,12-17,19,37-38H2,1-4H3,(H,43,50)(H,44,48)(H,45,52)(H,46,49)(H,47,51)(H,53,54)(H4,39,40,41)/t24-,26-,27-,28-,30-/m0/s1. The number of carbonyl (C=O) groups is 6. The van der Waals surface area contributed by atoms with E-state index in [1.54, 1.807) is 20.0 Å². The van der Waals surface area contributed by atoms with Crippen LogP contribution < -0.4 is 49.1 Å². The summed E-state index contributed by atoms with van der Waals surface area (Å²) in [4.78, 5) is 81.2. The predicted molar refractivity (Wildman–Crippen MR) is 205 cm³/mol. The summed E-state index contributed by atoms with van der Waals surface area (Å²) in [7, 11) is 0. The molecule has 15 N–H and O–H groups in total. The smallest absolute Gasteiger partial charge is 0.326 e. The number of unbranched alkanes of at least 4 members (excludes halogenated alkanes) is 1. The topological polar surface area (TPSA) is 313 Å². The molecule has 1 aromatic carbocycles. The Labute approximate surface area is 315 Å². The number of hydrogen-bond donors (Lipinski definition) is 12. The molecule has 0 saturated carbocycles. The van der Waals surface area contributed by atoms with Crippen molar-refractivity contribution in [2.45, 2.75) is 103 Å². The first-order valence-corrected chi connectivity index (χ1v) is 18.3. The summed E-state index contributed by atoms with van der Waals surface area (Å²) in [6.45, 7) is 7.27. The molecule has 0 bridgehead atoms. The number of amides is 5. The minimum Gasteiger partial charge on any atom is -0.480 e. The second-order valence-corrected chi connectivity index (χ2v) is 14.1. The van der Waals surface area contributed by atoms with Gasteiger partial charge in [0.1, 0.15) is 24.2 Å². The van der Waals surface area contributed by atoms with Crippen LogP contribution in [0.15, 0.2) is 30.5 Å². The fraction of sp³-hybridized carbons (Fsp3) is 0.583. The van der Waals surface area contributed by atoms with Crippen LogP contribution in [-0.2, 0) is 35.2 Å². The number of nitrogens with two attached hydrogens (primary N) is 3. The number of H-pyrrole nitrogens is 1. The van der Waals surface area contributed by atoms with Gasteiger partial charge in [0.05, 0.1) is 12.6 Å². The van der Waals surface area contributed by atoms with Crippen LogP contribution in [0.3, 0.4) is 0 Å². The zero-order chi connectivity index (χ0) is 40.4. The molecule has 2 aromatic rings. The molecule has 300 valence electrons. The monoisotopic (exact) mass is 757 g/mol. The Hall–Kier alpha value is -5.23. The van der Waals surface area contributed by atoms with Crippen molar-refractivity contribution in [1.82, 2.24) is 36.9 Å². The number of guanidine groups is 1. The van der Waals surface area contributed by atoms with Gasteiger partial charge < -0.3 is 59.2 Å². The van der Waals surface area contributed by atoms with Crippen LogP contribution in [0, 0.1) is 17.2 Å². The molecule has 2 rings (SSSR count). The number of fused-ring (bicyclic) bond motifs is 1. The van der Waals surface area contributed by atoms with E-state index in [0.29, 0.717) is 25.8 Å². The Bertz CT molecular complexity index is 1580. The third-order valence-electron chi connectivity index (χ3n) is 8.66. The van der Waals surface area contributed by atoms with E-state index in [0.717, 1.165) is 16.5 Å². The highest BCUT2D eigenvalue weighted by molar-refractivity contribution is 5.96. The van der Waals surface area contributed by atoms with Gasteiger partial charge in [-0.3, -0.25) is 29.4 Å². The number of para-hydroxylation sites is 1. The largest absolute Gasteiger partial charge is 0.480 e. The molecule has 0 fully saturated rings. The highest BCUT2D eigenvalue weighted by Crippen LogP contribution is 2.19. The quantitative estimate of drug-likeness (QED) is 0.0360. The molecule has 0 aliphatic heterocycles. The highest BCUT2D eigenvalue weighted by Gasteiger charge is 2.32. The lowest BCUT2D eigenvalue weighted by Gasteiger charge is -2.28. The zero-order valence-corrected chi connectivity index (χ0v) is 31.6. The zero-order valence-electron chi connectivity index (χ0n) is 31.6. The third kappa shape index (κ3) is 15.4. The molecule has 0 saturated heterocycles. The number of aliphatic carboxylic acids is 1. The summed E-state index contributed by atoms with van der Waals surface area (Å²) in [5, 5.41) is 33.2. The number of rotatable bonds is 24. The SMILES string of the molecule is CC(C)C[C@H](NC(=O)[C@@H](N)Cc1c[nH]c2ccccc12)C(=O)N[C@H](C(=O)N[C@@H](CCCCN)C(=O)NCC(=O)N[C@@H](CCCNC(=N)N)C(=O)O)C(C)C. The van der Waals surface area contributed by atoms with E-state index in [9.17, 15) is 33.9 Å². The lowest BCUT2D eigenvalue weighted by atomic mass is 9.98. The number of carbonyl (C=O) groups excluding carboxylic acids is 5. The van der Waals surface area contributed by atoms with Crippen molar-refractivity contribution in [1.29, 1.82) is 5.41 Å². The summed E-state index contributed by atoms with van der Waals surface area (Å²) in [6.07, 6.45) is 3.86. The molecule has 0 spiro atoms. The lowest BCUT2D eigenvalue weighted by Crippen LogP contribution is -2.59. The van der Waals surface area contributed by atoms with Gasteiger partial charge in [0, 0.05) is 23.6 Å². The predicted octanol–water partition coefficient (Wildman–Crippen LogP) is -0.728. The van der Waals surface area contributed by atoms with Gasteiger partial charge in [0.2, 0.25) is 29.5 Å². The first-order chi connectivity index (χ1) is 25.5. The number of aromatic amines is 1. The van der Waals surface area contributed by atoms with E-state index in [1.807, 2.05) is 38.1 Å². The molecular formula is C36H59N11O7. The van der Waals surface area contributed by atoms with Gasteiger partial charge in [-0.25, -0.2) is 4.79 Å². The number of hydrogen-bond acceptors (Lipinski definition) is 9. The van der Waals surface area contributed by atoms with E-state index in [4.69, 9.17) is 22.6 Å². The fourth-order valence-corrected chi connectivity index (χ4v) is 5.75. The maximum atomic E-state index is 13.7. The van der Waals surface area contributed by atoms with Crippen molar-refractivity contribution in [3.63, 3.8) is 0 Å². The van der Waals surface area contributed by atoms with Crippen molar-refractivity contribution in [3.8, 4) is 0 Å². The van der Waals surface area contributed by atoms with Crippen LogP contribution in [0.5, 0.6) is 0 Å². The second kappa shape index (κ2) is 22.8. The van der Waals surface area contributed by atoms with Crippen molar-refractivity contribution < 1.29 is 33.9 Å². The van der Waals surface area contributed by atoms with E-state index in [-0.39, 0.29) is 44.1 Å². The van der Waals surface area contributed by atoms with Gasteiger partial charge in [-0.05, 0) is 75.0 Å². The fourth-order valence-electron chi connectivity index (χ4n) is 5.75. The van der Waals surface area contributed by atoms with Crippen molar-refractivity contribution >= 4 is 52.4 Å². The Morgan fingerprint density at radius 1 is 0.815 bits per heavy atom. The van der Waals surface area contributed by atoms with E-state index in [1.165, 1.54) is 0 Å². The summed E-state index contributed by atoms with van der Waals surface area (Å²) in [6, 6.07) is 2.26. The number of carboxylic acids is 1. The third-order valence-corrected chi connectivity index (χ3v) is 8.66. The molecule has 0 unspecified atom stereocenters. The average molecular weight is 758 g/mol. The maximum absolute atomic E-state index is 13.7. The lowest BCUT2D eigenvalue weighted by molar-refractivity contribution is -0.142. The van der Waals surface area contributed by atoms with Gasteiger partial charge >= 0.3 is 5.97 Å². The van der Waals surface area contributed by atoms with Crippen LogP contribution in [0.1, 0.15) is 71.8 Å². The second-order valence-electron chi connectivity index (χ2n) is 14.1. The van der Waals surface area contributed by atoms with Gasteiger partial charge in [-0.1, -0.05) is 45.9 Å².